The summed E-state index contributed by atoms with van der Waals surface area (Å²) in [4.78, 5) is 8.26. The highest BCUT2D eigenvalue weighted by Crippen LogP contribution is 2.23. The highest BCUT2D eigenvalue weighted by molar-refractivity contribution is 5.57. The van der Waals surface area contributed by atoms with Crippen LogP contribution in [0, 0.1) is 5.82 Å². The fourth-order valence-corrected chi connectivity index (χ4v) is 1.79. The van der Waals surface area contributed by atoms with E-state index in [1.54, 1.807) is 24.4 Å². The molecule has 0 aliphatic rings. The highest BCUT2D eigenvalue weighted by atomic mass is 19.1. The number of hydrogen-bond acceptors (Lipinski definition) is 4. The van der Waals surface area contributed by atoms with Gasteiger partial charge < -0.3 is 4.74 Å². The van der Waals surface area contributed by atoms with E-state index in [4.69, 9.17) is 4.74 Å². The van der Waals surface area contributed by atoms with E-state index in [1.807, 2.05) is 12.1 Å². The van der Waals surface area contributed by atoms with E-state index < -0.39 is 5.82 Å². The van der Waals surface area contributed by atoms with Crippen LogP contribution in [0.4, 0.5) is 4.39 Å². The van der Waals surface area contributed by atoms with Crippen molar-refractivity contribution in [1.29, 1.82) is 0 Å². The lowest BCUT2D eigenvalue weighted by molar-refractivity contribution is 0.411. The van der Waals surface area contributed by atoms with Crippen LogP contribution in [0.25, 0.3) is 17.2 Å². The fraction of sp³-hybridized carbons (Fsp3) is 0.0714. The molecule has 3 aromatic rings. The van der Waals surface area contributed by atoms with Crippen LogP contribution in [0.5, 0.6) is 5.75 Å². The Hall–Kier alpha value is -2.76. The number of methoxy groups -OCH3 is 1. The number of pyridine rings is 1. The molecule has 0 fully saturated rings. The summed E-state index contributed by atoms with van der Waals surface area (Å²) in [6, 6.07) is 10.0. The standard InChI is InChI=1S/C14H11FN4O/c1-20-10-5-6-11(12(15)8-10)14-17-9-19(18-14)13-4-2-3-7-16-13/h2-9H,1H3. The lowest BCUT2D eigenvalue weighted by atomic mass is 10.2. The molecule has 2 heterocycles. The van der Waals surface area contributed by atoms with Crippen molar-refractivity contribution in [2.24, 2.45) is 0 Å². The molecule has 0 amide bonds. The van der Waals surface area contributed by atoms with Gasteiger partial charge in [-0.25, -0.2) is 19.0 Å². The van der Waals surface area contributed by atoms with E-state index in [-0.39, 0.29) is 0 Å². The van der Waals surface area contributed by atoms with E-state index in [0.29, 0.717) is 23.0 Å². The van der Waals surface area contributed by atoms with E-state index in [0.717, 1.165) is 0 Å². The molecule has 20 heavy (non-hydrogen) atoms. The molecule has 0 unspecified atom stereocenters. The van der Waals surface area contributed by atoms with Gasteiger partial charge in [0.2, 0.25) is 0 Å². The fourth-order valence-electron chi connectivity index (χ4n) is 1.79. The third-order valence-corrected chi connectivity index (χ3v) is 2.79. The van der Waals surface area contributed by atoms with Gasteiger partial charge in [-0.3, -0.25) is 0 Å². The molecule has 2 aromatic heterocycles. The second-order valence-corrected chi connectivity index (χ2v) is 4.05. The van der Waals surface area contributed by atoms with Crippen LogP contribution in [-0.2, 0) is 0 Å². The topological polar surface area (TPSA) is 52.8 Å². The zero-order valence-electron chi connectivity index (χ0n) is 10.7. The Bertz CT molecular complexity index is 727. The van der Waals surface area contributed by atoms with Crippen LogP contribution in [0.1, 0.15) is 0 Å². The summed E-state index contributed by atoms with van der Waals surface area (Å²) in [6.45, 7) is 0. The van der Waals surface area contributed by atoms with Gasteiger partial charge in [-0.15, -0.1) is 5.10 Å². The first-order valence-corrected chi connectivity index (χ1v) is 5.95. The number of benzene rings is 1. The van der Waals surface area contributed by atoms with Crippen molar-refractivity contribution in [2.45, 2.75) is 0 Å². The molecular formula is C14H11FN4O. The normalized spacial score (nSPS) is 10.5. The van der Waals surface area contributed by atoms with Crippen molar-refractivity contribution < 1.29 is 9.13 Å². The maximum absolute atomic E-state index is 13.9. The Morgan fingerprint density at radius 3 is 2.75 bits per heavy atom. The summed E-state index contributed by atoms with van der Waals surface area (Å²) < 4.78 is 20.4. The molecule has 0 spiro atoms. The first kappa shape index (κ1) is 12.3. The molecule has 6 heteroatoms. The first-order chi connectivity index (χ1) is 9.78. The molecule has 0 atom stereocenters. The minimum Gasteiger partial charge on any atom is -0.497 e. The highest BCUT2D eigenvalue weighted by Gasteiger charge is 2.11. The van der Waals surface area contributed by atoms with E-state index in [2.05, 4.69) is 15.1 Å². The Morgan fingerprint density at radius 1 is 1.15 bits per heavy atom. The smallest absolute Gasteiger partial charge is 0.184 e. The molecule has 0 saturated carbocycles. The predicted octanol–water partition coefficient (Wildman–Crippen LogP) is 2.48. The summed E-state index contributed by atoms with van der Waals surface area (Å²) in [5.41, 5.74) is 0.320. The summed E-state index contributed by atoms with van der Waals surface area (Å²) in [5, 5.41) is 4.23. The van der Waals surface area contributed by atoms with Crippen molar-refractivity contribution >= 4 is 0 Å². The number of ether oxygens (including phenoxy) is 1. The molecular weight excluding hydrogens is 259 g/mol. The molecule has 0 bridgehead atoms. The summed E-state index contributed by atoms with van der Waals surface area (Å²) in [5.74, 6) is 0.953. The molecule has 1 aromatic carbocycles. The van der Waals surface area contributed by atoms with Gasteiger partial charge in [0.05, 0.1) is 12.7 Å². The molecule has 0 radical (unpaired) electrons. The SMILES string of the molecule is COc1ccc(-c2ncn(-c3ccccn3)n2)c(F)c1. The quantitative estimate of drug-likeness (QED) is 0.733. The van der Waals surface area contributed by atoms with Crippen molar-refractivity contribution in [2.75, 3.05) is 7.11 Å². The Labute approximate surface area is 114 Å². The van der Waals surface area contributed by atoms with Gasteiger partial charge in [0, 0.05) is 12.3 Å². The number of hydrogen-bond donors (Lipinski definition) is 0. The van der Waals surface area contributed by atoms with Crippen molar-refractivity contribution in [3.05, 3.63) is 54.7 Å². The average Bonchev–Trinajstić information content (AvgIpc) is 2.97. The van der Waals surface area contributed by atoms with Crippen molar-refractivity contribution in [1.82, 2.24) is 19.7 Å². The molecule has 0 saturated heterocycles. The number of aromatic nitrogens is 4. The van der Waals surface area contributed by atoms with Gasteiger partial charge in [0.15, 0.2) is 11.6 Å². The Balaban J connectivity index is 1.98. The van der Waals surface area contributed by atoms with Gasteiger partial charge in [-0.05, 0) is 24.3 Å². The van der Waals surface area contributed by atoms with Gasteiger partial charge in [0.1, 0.15) is 17.9 Å². The summed E-state index contributed by atoms with van der Waals surface area (Å²) >= 11 is 0. The van der Waals surface area contributed by atoms with Crippen LogP contribution in [0.3, 0.4) is 0 Å². The number of nitrogens with zero attached hydrogens (tertiary/aromatic N) is 4. The molecule has 0 aliphatic heterocycles. The minimum atomic E-state index is -0.428. The van der Waals surface area contributed by atoms with Gasteiger partial charge in [0.25, 0.3) is 0 Å². The first-order valence-electron chi connectivity index (χ1n) is 5.95. The van der Waals surface area contributed by atoms with Crippen LogP contribution < -0.4 is 4.74 Å². The molecule has 0 aliphatic carbocycles. The van der Waals surface area contributed by atoms with E-state index >= 15 is 0 Å². The zero-order chi connectivity index (χ0) is 13.9. The lowest BCUT2D eigenvalue weighted by Gasteiger charge is -2.02. The zero-order valence-corrected chi connectivity index (χ0v) is 10.7. The summed E-state index contributed by atoms with van der Waals surface area (Å²) in [6.07, 6.45) is 3.16. The van der Waals surface area contributed by atoms with E-state index in [9.17, 15) is 4.39 Å². The average molecular weight is 270 g/mol. The third kappa shape index (κ3) is 2.23. The molecule has 5 nitrogen and oxygen atoms in total. The molecule has 3 rings (SSSR count). The monoisotopic (exact) mass is 270 g/mol. The van der Waals surface area contributed by atoms with Gasteiger partial charge in [-0.1, -0.05) is 6.07 Å². The van der Waals surface area contributed by atoms with Crippen molar-refractivity contribution in [3.8, 4) is 23.0 Å². The van der Waals surface area contributed by atoms with Crippen LogP contribution >= 0.6 is 0 Å². The number of halogens is 1. The lowest BCUT2D eigenvalue weighted by Crippen LogP contribution is -1.97. The van der Waals surface area contributed by atoms with Crippen molar-refractivity contribution in [3.63, 3.8) is 0 Å². The predicted molar refractivity (Wildman–Crippen MR) is 71.1 cm³/mol. The van der Waals surface area contributed by atoms with Gasteiger partial charge in [-0.2, -0.15) is 0 Å². The van der Waals surface area contributed by atoms with Crippen LogP contribution in [0.15, 0.2) is 48.9 Å². The van der Waals surface area contributed by atoms with Crippen LogP contribution in [0.2, 0.25) is 0 Å². The van der Waals surface area contributed by atoms with Crippen LogP contribution in [-0.4, -0.2) is 26.9 Å². The van der Waals surface area contributed by atoms with Gasteiger partial charge >= 0.3 is 0 Å². The third-order valence-electron chi connectivity index (χ3n) is 2.79. The minimum absolute atomic E-state index is 0.302. The van der Waals surface area contributed by atoms with E-state index in [1.165, 1.54) is 24.2 Å². The molecule has 0 N–H and O–H groups in total. The molecule has 100 valence electrons. The maximum atomic E-state index is 13.9. The summed E-state index contributed by atoms with van der Waals surface area (Å²) in [7, 11) is 1.49. The largest absolute Gasteiger partial charge is 0.497 e. The second-order valence-electron chi connectivity index (χ2n) is 4.05. The Kier molecular flexibility index (Phi) is 3.12. The Morgan fingerprint density at radius 2 is 2.05 bits per heavy atom. The maximum Gasteiger partial charge on any atom is 0.184 e. The number of rotatable bonds is 3. The second kappa shape index (κ2) is 5.08.